The van der Waals surface area contributed by atoms with Crippen LogP contribution in [-0.4, -0.2) is 35.2 Å². The number of carbonyl (C=O) groups excluding carboxylic acids is 1. The Bertz CT molecular complexity index is 713. The maximum absolute atomic E-state index is 11.3. The van der Waals surface area contributed by atoms with Gasteiger partial charge in [0.25, 0.3) is 0 Å². The van der Waals surface area contributed by atoms with Crippen molar-refractivity contribution in [1.29, 1.82) is 0 Å². The molecule has 3 rings (SSSR count). The Hall–Kier alpha value is -2.18. The molecule has 1 saturated heterocycles. The summed E-state index contributed by atoms with van der Waals surface area (Å²) in [5, 5.41) is 3.53. The van der Waals surface area contributed by atoms with Crippen LogP contribution in [0, 0.1) is 5.92 Å². The van der Waals surface area contributed by atoms with Crippen LogP contribution in [0.4, 0.5) is 0 Å². The third kappa shape index (κ3) is 4.46. The van der Waals surface area contributed by atoms with Gasteiger partial charge in [0, 0.05) is 44.1 Å². The van der Waals surface area contributed by atoms with Gasteiger partial charge in [-0.1, -0.05) is 12.1 Å². The molecule has 6 heteroatoms. The third-order valence-corrected chi connectivity index (χ3v) is 4.77. The van der Waals surface area contributed by atoms with Crippen molar-refractivity contribution in [2.45, 2.75) is 25.4 Å². The summed E-state index contributed by atoms with van der Waals surface area (Å²) in [6, 6.07) is 7.51. The Morgan fingerprint density at radius 1 is 1.48 bits per heavy atom. The van der Waals surface area contributed by atoms with Gasteiger partial charge in [0.15, 0.2) is 0 Å². The average molecular weight is 342 g/mol. The number of nitrogens with zero attached hydrogens (tertiary/aromatic N) is 2. The van der Waals surface area contributed by atoms with Crippen LogP contribution in [0.25, 0.3) is 0 Å². The lowest BCUT2D eigenvalue weighted by atomic mass is 9.93. The maximum atomic E-state index is 11.3. The fourth-order valence-corrected chi connectivity index (χ4v) is 3.39. The summed E-state index contributed by atoms with van der Waals surface area (Å²) in [4.78, 5) is 15.7. The van der Waals surface area contributed by atoms with Gasteiger partial charge in [-0.3, -0.25) is 4.79 Å². The second-order valence-electron chi connectivity index (χ2n) is 6.61. The summed E-state index contributed by atoms with van der Waals surface area (Å²) >= 11 is 0. The first-order valence-corrected chi connectivity index (χ1v) is 8.83. The zero-order valence-electron chi connectivity index (χ0n) is 14.6. The first kappa shape index (κ1) is 17.6. The van der Waals surface area contributed by atoms with E-state index in [0.29, 0.717) is 11.5 Å². The Balaban J connectivity index is 1.51. The second-order valence-corrected chi connectivity index (χ2v) is 6.61. The highest BCUT2D eigenvalue weighted by Crippen LogP contribution is 2.32. The predicted octanol–water partition coefficient (Wildman–Crippen LogP) is 1.82. The van der Waals surface area contributed by atoms with Crippen LogP contribution in [0.1, 0.15) is 40.7 Å². The average Bonchev–Trinajstić information content (AvgIpc) is 3.05. The molecule has 0 unspecified atom stereocenters. The van der Waals surface area contributed by atoms with E-state index in [1.807, 2.05) is 42.2 Å². The van der Waals surface area contributed by atoms with Crippen LogP contribution in [0.3, 0.4) is 0 Å². The molecule has 134 valence electrons. The van der Waals surface area contributed by atoms with E-state index in [2.05, 4.69) is 10.3 Å². The number of aryl methyl sites for hydroxylation is 1. The van der Waals surface area contributed by atoms with Crippen LogP contribution in [0.5, 0.6) is 0 Å². The molecule has 6 nitrogen and oxygen atoms in total. The van der Waals surface area contributed by atoms with Gasteiger partial charge < -0.3 is 20.4 Å². The van der Waals surface area contributed by atoms with E-state index >= 15 is 0 Å². The van der Waals surface area contributed by atoms with Gasteiger partial charge in [0.2, 0.25) is 5.91 Å². The van der Waals surface area contributed by atoms with E-state index in [-0.39, 0.29) is 12.0 Å². The number of benzene rings is 1. The highest BCUT2D eigenvalue weighted by atomic mass is 16.5. The number of primary amides is 1. The van der Waals surface area contributed by atoms with Gasteiger partial charge in [-0.05, 0) is 43.5 Å². The number of rotatable bonds is 7. The fraction of sp³-hybridized carbons (Fsp3) is 0.474. The van der Waals surface area contributed by atoms with Gasteiger partial charge in [-0.25, -0.2) is 4.98 Å². The summed E-state index contributed by atoms with van der Waals surface area (Å²) in [5.41, 5.74) is 7.01. The molecule has 1 aliphatic rings. The zero-order chi connectivity index (χ0) is 17.6. The Kier molecular flexibility index (Phi) is 5.83. The van der Waals surface area contributed by atoms with Crippen LogP contribution < -0.4 is 11.1 Å². The van der Waals surface area contributed by atoms with E-state index in [1.165, 1.54) is 0 Å². The van der Waals surface area contributed by atoms with Gasteiger partial charge >= 0.3 is 0 Å². The molecule has 2 atom stereocenters. The number of nitrogens with one attached hydrogen (secondary N) is 1. The lowest BCUT2D eigenvalue weighted by molar-refractivity contribution is -0.0342. The maximum Gasteiger partial charge on any atom is 0.248 e. The van der Waals surface area contributed by atoms with Crippen molar-refractivity contribution in [1.82, 2.24) is 14.9 Å². The topological polar surface area (TPSA) is 82.2 Å². The van der Waals surface area contributed by atoms with Gasteiger partial charge in [-0.15, -0.1) is 0 Å². The van der Waals surface area contributed by atoms with Crippen molar-refractivity contribution in [3.8, 4) is 0 Å². The standard InChI is InChI=1S/C19H26N4O2/c1-23-10-9-22-19(23)17-16(6-3-11-25-17)13-21-8-7-14-4-2-5-15(12-14)18(20)24/h2,4-5,9-10,12,16-17,21H,3,6-8,11,13H2,1H3,(H2,20,24)/t16-,17+/m0/s1. The minimum absolute atomic E-state index is 0.0550. The quantitative estimate of drug-likeness (QED) is 0.752. The number of imidazole rings is 1. The molecule has 25 heavy (non-hydrogen) atoms. The molecular formula is C19H26N4O2. The second kappa shape index (κ2) is 8.27. The fourth-order valence-electron chi connectivity index (χ4n) is 3.39. The molecule has 1 fully saturated rings. The molecule has 1 aromatic carbocycles. The predicted molar refractivity (Wildman–Crippen MR) is 96.2 cm³/mol. The zero-order valence-corrected chi connectivity index (χ0v) is 14.6. The number of ether oxygens (including phenoxy) is 1. The summed E-state index contributed by atoms with van der Waals surface area (Å²) < 4.78 is 8.04. The summed E-state index contributed by atoms with van der Waals surface area (Å²) in [6.07, 6.45) is 6.93. The molecule has 1 aliphatic heterocycles. The van der Waals surface area contributed by atoms with Gasteiger partial charge in [0.1, 0.15) is 11.9 Å². The van der Waals surface area contributed by atoms with Crippen LogP contribution in [-0.2, 0) is 18.2 Å². The minimum atomic E-state index is -0.382. The van der Waals surface area contributed by atoms with Crippen molar-refractivity contribution < 1.29 is 9.53 Å². The highest BCUT2D eigenvalue weighted by molar-refractivity contribution is 5.92. The number of amides is 1. The molecule has 1 aromatic heterocycles. The Labute approximate surface area is 148 Å². The number of carbonyl (C=O) groups is 1. The molecule has 0 bridgehead atoms. The Morgan fingerprint density at radius 3 is 3.12 bits per heavy atom. The number of nitrogens with two attached hydrogens (primary N) is 1. The molecule has 1 amide bonds. The first-order chi connectivity index (χ1) is 12.1. The van der Waals surface area contributed by atoms with Crippen molar-refractivity contribution in [2.24, 2.45) is 18.7 Å². The van der Waals surface area contributed by atoms with E-state index in [9.17, 15) is 4.79 Å². The van der Waals surface area contributed by atoms with Crippen LogP contribution >= 0.6 is 0 Å². The van der Waals surface area contributed by atoms with Crippen molar-refractivity contribution in [3.63, 3.8) is 0 Å². The van der Waals surface area contributed by atoms with Crippen LogP contribution in [0.2, 0.25) is 0 Å². The summed E-state index contributed by atoms with van der Waals surface area (Å²) in [5.74, 6) is 1.04. The van der Waals surface area contributed by atoms with E-state index in [0.717, 1.165) is 50.3 Å². The van der Waals surface area contributed by atoms with E-state index in [1.54, 1.807) is 6.07 Å². The molecule has 3 N–H and O–H groups in total. The molecule has 2 aromatic rings. The number of hydrogen-bond acceptors (Lipinski definition) is 4. The lowest BCUT2D eigenvalue weighted by Crippen LogP contribution is -2.34. The highest BCUT2D eigenvalue weighted by Gasteiger charge is 2.29. The molecule has 0 saturated carbocycles. The van der Waals surface area contributed by atoms with Gasteiger partial charge in [0.05, 0.1) is 0 Å². The lowest BCUT2D eigenvalue weighted by Gasteiger charge is -2.31. The molecular weight excluding hydrogens is 316 g/mol. The smallest absolute Gasteiger partial charge is 0.248 e. The van der Waals surface area contributed by atoms with Crippen LogP contribution in [0.15, 0.2) is 36.7 Å². The largest absolute Gasteiger partial charge is 0.370 e. The minimum Gasteiger partial charge on any atom is -0.370 e. The normalized spacial score (nSPS) is 20.5. The molecule has 0 aliphatic carbocycles. The summed E-state index contributed by atoms with van der Waals surface area (Å²) in [7, 11) is 2.01. The van der Waals surface area contributed by atoms with Gasteiger partial charge in [-0.2, -0.15) is 0 Å². The monoisotopic (exact) mass is 342 g/mol. The Morgan fingerprint density at radius 2 is 2.36 bits per heavy atom. The summed E-state index contributed by atoms with van der Waals surface area (Å²) in [6.45, 7) is 2.55. The molecule has 0 spiro atoms. The number of aromatic nitrogens is 2. The van der Waals surface area contributed by atoms with E-state index in [4.69, 9.17) is 10.5 Å². The van der Waals surface area contributed by atoms with Crippen molar-refractivity contribution in [2.75, 3.05) is 19.7 Å². The molecule has 2 heterocycles. The molecule has 0 radical (unpaired) electrons. The van der Waals surface area contributed by atoms with Crippen molar-refractivity contribution in [3.05, 3.63) is 53.6 Å². The third-order valence-electron chi connectivity index (χ3n) is 4.77. The van der Waals surface area contributed by atoms with E-state index < -0.39 is 0 Å². The SMILES string of the molecule is Cn1ccnc1[C@@H]1OCCC[C@H]1CNCCc1cccc(C(N)=O)c1. The number of hydrogen-bond donors (Lipinski definition) is 2. The van der Waals surface area contributed by atoms with Crippen molar-refractivity contribution >= 4 is 5.91 Å². The first-order valence-electron chi connectivity index (χ1n) is 8.83.